The number of nitrogens with one attached hydrogen (secondary N) is 2. The average Bonchev–Trinajstić information content (AvgIpc) is 2.79. The van der Waals surface area contributed by atoms with E-state index in [9.17, 15) is 10.2 Å². The molecule has 6 heteroatoms. The van der Waals surface area contributed by atoms with Gasteiger partial charge >= 0.3 is 0 Å². The van der Waals surface area contributed by atoms with E-state index in [4.69, 9.17) is 9.47 Å². The third kappa shape index (κ3) is 11.8. The number of aliphatic hydroxyl groups excluding tert-OH is 2. The second-order valence-electron chi connectivity index (χ2n) is 7.38. The molecular weight excluding hydrogens is 380 g/mol. The topological polar surface area (TPSA) is 83.0 Å². The molecular formula is C24H36N2O4. The molecule has 0 spiro atoms. The van der Waals surface area contributed by atoms with Gasteiger partial charge in [-0.2, -0.15) is 0 Å². The quantitative estimate of drug-likeness (QED) is 0.297. The van der Waals surface area contributed by atoms with Crippen molar-refractivity contribution in [2.24, 2.45) is 0 Å². The summed E-state index contributed by atoms with van der Waals surface area (Å²) in [5, 5.41) is 26.4. The van der Waals surface area contributed by atoms with Gasteiger partial charge in [0, 0.05) is 13.1 Å². The Bertz CT molecular complexity index is 585. The lowest BCUT2D eigenvalue weighted by Crippen LogP contribution is -2.32. The maximum absolute atomic E-state index is 9.93. The van der Waals surface area contributed by atoms with E-state index in [1.807, 2.05) is 60.7 Å². The summed E-state index contributed by atoms with van der Waals surface area (Å²) in [5.41, 5.74) is 0. The highest BCUT2D eigenvalue weighted by Crippen LogP contribution is 2.09. The highest BCUT2D eigenvalue weighted by atomic mass is 16.5. The summed E-state index contributed by atoms with van der Waals surface area (Å²) in [6.07, 6.45) is 3.44. The van der Waals surface area contributed by atoms with Crippen molar-refractivity contribution in [2.75, 3.05) is 39.4 Å². The Morgan fingerprint density at radius 1 is 0.600 bits per heavy atom. The molecule has 0 fully saturated rings. The molecule has 0 aliphatic carbocycles. The van der Waals surface area contributed by atoms with Crippen LogP contribution in [0.1, 0.15) is 25.7 Å². The van der Waals surface area contributed by atoms with Crippen LogP contribution in [0.15, 0.2) is 60.7 Å². The molecule has 166 valence electrons. The van der Waals surface area contributed by atoms with Gasteiger partial charge in [-0.15, -0.1) is 0 Å². The number of ether oxygens (including phenoxy) is 2. The Balaban J connectivity index is 1.33. The van der Waals surface area contributed by atoms with Crippen molar-refractivity contribution in [3.63, 3.8) is 0 Å². The predicted molar refractivity (Wildman–Crippen MR) is 120 cm³/mol. The van der Waals surface area contributed by atoms with E-state index in [-0.39, 0.29) is 0 Å². The van der Waals surface area contributed by atoms with Gasteiger partial charge in [0.25, 0.3) is 0 Å². The maximum Gasteiger partial charge on any atom is 0.119 e. The van der Waals surface area contributed by atoms with Crippen molar-refractivity contribution >= 4 is 0 Å². The fourth-order valence-corrected chi connectivity index (χ4v) is 2.93. The summed E-state index contributed by atoms with van der Waals surface area (Å²) in [6.45, 7) is 3.46. The van der Waals surface area contributed by atoms with Gasteiger partial charge in [0.2, 0.25) is 0 Å². The van der Waals surface area contributed by atoms with E-state index in [1.54, 1.807) is 0 Å². The zero-order chi connectivity index (χ0) is 21.3. The Morgan fingerprint density at radius 3 is 1.40 bits per heavy atom. The van der Waals surface area contributed by atoms with Gasteiger partial charge in [-0.1, -0.05) is 49.2 Å². The zero-order valence-electron chi connectivity index (χ0n) is 17.7. The van der Waals surface area contributed by atoms with Crippen LogP contribution >= 0.6 is 0 Å². The van der Waals surface area contributed by atoms with Crippen molar-refractivity contribution in [1.82, 2.24) is 10.6 Å². The highest BCUT2D eigenvalue weighted by Gasteiger charge is 2.05. The number of hydrogen-bond donors (Lipinski definition) is 4. The fourth-order valence-electron chi connectivity index (χ4n) is 2.93. The van der Waals surface area contributed by atoms with Crippen LogP contribution in [-0.2, 0) is 0 Å². The van der Waals surface area contributed by atoms with Gasteiger partial charge in [0.05, 0.1) is 0 Å². The highest BCUT2D eigenvalue weighted by molar-refractivity contribution is 5.21. The summed E-state index contributed by atoms with van der Waals surface area (Å²) < 4.78 is 11.1. The van der Waals surface area contributed by atoms with E-state index >= 15 is 0 Å². The summed E-state index contributed by atoms with van der Waals surface area (Å²) >= 11 is 0. The van der Waals surface area contributed by atoms with E-state index in [2.05, 4.69) is 10.6 Å². The first-order valence-electron chi connectivity index (χ1n) is 10.9. The second kappa shape index (κ2) is 15.7. The van der Waals surface area contributed by atoms with Crippen LogP contribution in [0, 0.1) is 0 Å². The van der Waals surface area contributed by atoms with Crippen LogP contribution in [0.2, 0.25) is 0 Å². The normalized spacial score (nSPS) is 13.0. The summed E-state index contributed by atoms with van der Waals surface area (Å²) in [4.78, 5) is 0. The molecule has 4 N–H and O–H groups in total. The first kappa shape index (κ1) is 24.2. The van der Waals surface area contributed by atoms with E-state index < -0.39 is 12.2 Å². The van der Waals surface area contributed by atoms with Crippen molar-refractivity contribution in [1.29, 1.82) is 0 Å². The number of hydrogen-bond acceptors (Lipinski definition) is 6. The van der Waals surface area contributed by atoms with Gasteiger partial charge in [0.1, 0.15) is 36.9 Å². The largest absolute Gasteiger partial charge is 0.491 e. The molecule has 2 aromatic carbocycles. The molecule has 0 bridgehead atoms. The molecule has 0 saturated carbocycles. The first-order valence-corrected chi connectivity index (χ1v) is 10.9. The van der Waals surface area contributed by atoms with Crippen molar-refractivity contribution in [3.05, 3.63) is 60.7 Å². The molecule has 6 nitrogen and oxygen atoms in total. The van der Waals surface area contributed by atoms with E-state index in [1.165, 1.54) is 0 Å². The monoisotopic (exact) mass is 416 g/mol. The molecule has 2 unspecified atom stereocenters. The van der Waals surface area contributed by atoms with E-state index in [0.29, 0.717) is 26.3 Å². The van der Waals surface area contributed by atoms with Crippen LogP contribution in [0.5, 0.6) is 11.5 Å². The Labute approximate surface area is 180 Å². The molecule has 0 amide bonds. The third-order valence-corrected chi connectivity index (χ3v) is 4.59. The average molecular weight is 417 g/mol. The minimum absolute atomic E-state index is 0.297. The molecule has 0 aromatic heterocycles. The minimum Gasteiger partial charge on any atom is -0.491 e. The Kier molecular flexibility index (Phi) is 12.6. The first-order chi connectivity index (χ1) is 14.7. The number of rotatable bonds is 17. The van der Waals surface area contributed by atoms with Gasteiger partial charge in [-0.3, -0.25) is 0 Å². The number of unbranched alkanes of at least 4 members (excludes halogenated alkanes) is 3. The molecule has 0 radical (unpaired) electrons. The van der Waals surface area contributed by atoms with Crippen molar-refractivity contribution in [3.8, 4) is 11.5 Å². The number of para-hydroxylation sites is 2. The van der Waals surface area contributed by atoms with E-state index in [0.717, 1.165) is 50.3 Å². The molecule has 0 saturated heterocycles. The fraction of sp³-hybridized carbons (Fsp3) is 0.500. The number of benzene rings is 2. The van der Waals surface area contributed by atoms with Gasteiger partial charge in [-0.25, -0.2) is 0 Å². The van der Waals surface area contributed by atoms with Crippen molar-refractivity contribution in [2.45, 2.75) is 37.9 Å². The van der Waals surface area contributed by atoms with Crippen LogP contribution < -0.4 is 20.1 Å². The van der Waals surface area contributed by atoms with Gasteiger partial charge in [-0.05, 0) is 50.2 Å². The van der Waals surface area contributed by atoms with Crippen LogP contribution in [-0.4, -0.2) is 61.8 Å². The lowest BCUT2D eigenvalue weighted by Gasteiger charge is -2.14. The van der Waals surface area contributed by atoms with Crippen LogP contribution in [0.3, 0.4) is 0 Å². The maximum atomic E-state index is 9.93. The molecule has 30 heavy (non-hydrogen) atoms. The summed E-state index contributed by atoms with van der Waals surface area (Å²) in [7, 11) is 0. The lowest BCUT2D eigenvalue weighted by molar-refractivity contribution is 0.106. The summed E-state index contributed by atoms with van der Waals surface area (Å²) in [5.74, 6) is 1.56. The molecule has 2 rings (SSSR count). The van der Waals surface area contributed by atoms with Gasteiger partial charge in [0.15, 0.2) is 0 Å². The summed E-state index contributed by atoms with van der Waals surface area (Å²) in [6, 6.07) is 19.1. The SMILES string of the molecule is OC(CNCCCCCCNCC(O)COc1ccccc1)COc1ccccc1. The third-order valence-electron chi connectivity index (χ3n) is 4.59. The Hall–Kier alpha value is -2.12. The molecule has 2 atom stereocenters. The molecule has 2 aromatic rings. The zero-order valence-corrected chi connectivity index (χ0v) is 17.7. The van der Waals surface area contributed by atoms with Crippen LogP contribution in [0.4, 0.5) is 0 Å². The molecule has 0 heterocycles. The smallest absolute Gasteiger partial charge is 0.119 e. The van der Waals surface area contributed by atoms with Crippen LogP contribution in [0.25, 0.3) is 0 Å². The number of aliphatic hydroxyl groups is 2. The Morgan fingerprint density at radius 2 is 1.00 bits per heavy atom. The standard InChI is InChI=1S/C24H36N2O4/c27-21(19-29-23-11-5-3-6-12-23)17-25-15-9-1-2-10-16-26-18-22(28)20-30-24-13-7-4-8-14-24/h3-8,11-14,21-22,25-28H,1-2,9-10,15-20H2. The van der Waals surface area contributed by atoms with Crippen molar-refractivity contribution < 1.29 is 19.7 Å². The minimum atomic E-state index is -0.508. The second-order valence-corrected chi connectivity index (χ2v) is 7.38. The van der Waals surface area contributed by atoms with Gasteiger partial charge < -0.3 is 30.3 Å². The molecule has 0 aliphatic rings. The predicted octanol–water partition coefficient (Wildman–Crippen LogP) is 2.61. The lowest BCUT2D eigenvalue weighted by atomic mass is 10.2. The molecule has 0 aliphatic heterocycles.